The summed E-state index contributed by atoms with van der Waals surface area (Å²) in [6.45, 7) is 5.91. The quantitative estimate of drug-likeness (QED) is 0.891. The highest BCUT2D eigenvalue weighted by atomic mass is 35.5. The number of aryl methyl sites for hydroxylation is 1. The van der Waals surface area contributed by atoms with Crippen LogP contribution in [0.5, 0.6) is 0 Å². The molecule has 1 aliphatic heterocycles. The fourth-order valence-corrected chi connectivity index (χ4v) is 3.17. The summed E-state index contributed by atoms with van der Waals surface area (Å²) in [5.41, 5.74) is 4.00. The largest absolute Gasteiger partial charge is 0.352 e. The van der Waals surface area contributed by atoms with E-state index in [0.29, 0.717) is 6.42 Å². The van der Waals surface area contributed by atoms with Crippen LogP contribution in [-0.4, -0.2) is 34.8 Å². The number of hydrogen-bond donors (Lipinski definition) is 2. The maximum atomic E-state index is 12.4. The van der Waals surface area contributed by atoms with Gasteiger partial charge in [-0.05, 0) is 45.4 Å². The molecule has 0 saturated carbocycles. The van der Waals surface area contributed by atoms with Crippen LogP contribution < -0.4 is 10.6 Å². The van der Waals surface area contributed by atoms with Crippen molar-refractivity contribution < 1.29 is 4.79 Å². The molecule has 0 radical (unpaired) electrons. The zero-order valence-electron chi connectivity index (χ0n) is 14.2. The van der Waals surface area contributed by atoms with Crippen LogP contribution in [0.3, 0.4) is 0 Å². The maximum absolute atomic E-state index is 12.4. The SMILES string of the molecule is Cc1nn(-c2ccccc2)c(C)c1CC(=O)N[C@H]1CCCNC1.Cl. The second kappa shape index (κ2) is 8.31. The molecule has 0 aliphatic carbocycles. The van der Waals surface area contributed by atoms with Crippen LogP contribution >= 0.6 is 12.4 Å². The van der Waals surface area contributed by atoms with Crippen molar-refractivity contribution in [1.82, 2.24) is 20.4 Å². The third-order valence-corrected chi connectivity index (χ3v) is 4.44. The fraction of sp³-hybridized carbons (Fsp3) is 0.444. The fourth-order valence-electron chi connectivity index (χ4n) is 3.17. The molecule has 1 amide bonds. The molecule has 6 heteroatoms. The van der Waals surface area contributed by atoms with Gasteiger partial charge in [0, 0.05) is 23.8 Å². The first-order valence-electron chi connectivity index (χ1n) is 8.26. The van der Waals surface area contributed by atoms with Crippen LogP contribution in [0.15, 0.2) is 30.3 Å². The molecule has 2 aromatic rings. The van der Waals surface area contributed by atoms with E-state index in [1.165, 1.54) is 0 Å². The van der Waals surface area contributed by atoms with E-state index in [0.717, 1.165) is 48.6 Å². The zero-order chi connectivity index (χ0) is 16.2. The monoisotopic (exact) mass is 348 g/mol. The predicted octanol–water partition coefficient (Wildman–Crippen LogP) is 2.32. The first-order chi connectivity index (χ1) is 11.1. The number of amides is 1. The Labute approximate surface area is 149 Å². The standard InChI is InChI=1S/C18H24N4O.ClH/c1-13-17(11-18(23)20-15-7-6-10-19-12-15)14(2)22(21-13)16-8-4-3-5-9-16;/h3-5,8-9,15,19H,6-7,10-12H2,1-2H3,(H,20,23);1H/t15-;/m0./s1. The summed E-state index contributed by atoms with van der Waals surface area (Å²) in [5.74, 6) is 0.0810. The molecular weight excluding hydrogens is 324 g/mol. The smallest absolute Gasteiger partial charge is 0.224 e. The first kappa shape index (κ1) is 18.5. The van der Waals surface area contributed by atoms with Crippen molar-refractivity contribution in [3.05, 3.63) is 47.3 Å². The Hall–Kier alpha value is -1.85. The minimum Gasteiger partial charge on any atom is -0.352 e. The summed E-state index contributed by atoms with van der Waals surface area (Å²) in [7, 11) is 0. The zero-order valence-corrected chi connectivity index (χ0v) is 15.0. The van der Waals surface area contributed by atoms with Gasteiger partial charge in [-0.15, -0.1) is 12.4 Å². The molecule has 3 rings (SSSR count). The second-order valence-electron chi connectivity index (χ2n) is 6.18. The molecule has 1 saturated heterocycles. The van der Waals surface area contributed by atoms with Crippen LogP contribution in [0.2, 0.25) is 0 Å². The number of halogens is 1. The number of aromatic nitrogens is 2. The van der Waals surface area contributed by atoms with Gasteiger partial charge < -0.3 is 10.6 Å². The third-order valence-electron chi connectivity index (χ3n) is 4.44. The van der Waals surface area contributed by atoms with E-state index in [4.69, 9.17) is 0 Å². The number of piperidine rings is 1. The Morgan fingerprint density at radius 3 is 2.75 bits per heavy atom. The predicted molar refractivity (Wildman–Crippen MR) is 98.0 cm³/mol. The highest BCUT2D eigenvalue weighted by Gasteiger charge is 2.19. The van der Waals surface area contributed by atoms with E-state index in [1.807, 2.05) is 48.9 Å². The van der Waals surface area contributed by atoms with Crippen molar-refractivity contribution in [1.29, 1.82) is 0 Å². The number of benzene rings is 1. The van der Waals surface area contributed by atoms with Crippen LogP contribution in [-0.2, 0) is 11.2 Å². The molecule has 1 atom stereocenters. The molecule has 1 aromatic heterocycles. The van der Waals surface area contributed by atoms with Crippen molar-refractivity contribution in [2.75, 3.05) is 13.1 Å². The Morgan fingerprint density at radius 1 is 1.33 bits per heavy atom. The van der Waals surface area contributed by atoms with Gasteiger partial charge in [-0.3, -0.25) is 4.79 Å². The molecule has 1 aromatic carbocycles. The summed E-state index contributed by atoms with van der Waals surface area (Å²) in [5, 5.41) is 11.1. The van der Waals surface area contributed by atoms with Gasteiger partial charge in [0.1, 0.15) is 0 Å². The van der Waals surface area contributed by atoms with Gasteiger partial charge in [-0.25, -0.2) is 4.68 Å². The second-order valence-corrected chi connectivity index (χ2v) is 6.18. The Kier molecular flexibility index (Phi) is 6.40. The number of carbonyl (C=O) groups is 1. The van der Waals surface area contributed by atoms with E-state index in [9.17, 15) is 4.79 Å². The van der Waals surface area contributed by atoms with Crippen molar-refractivity contribution >= 4 is 18.3 Å². The van der Waals surface area contributed by atoms with Crippen molar-refractivity contribution in [3.8, 4) is 5.69 Å². The minimum absolute atomic E-state index is 0. The average molecular weight is 349 g/mol. The minimum atomic E-state index is 0. The van der Waals surface area contributed by atoms with E-state index >= 15 is 0 Å². The van der Waals surface area contributed by atoms with Crippen LogP contribution in [0.25, 0.3) is 5.69 Å². The van der Waals surface area contributed by atoms with Crippen LogP contribution in [0.1, 0.15) is 29.8 Å². The lowest BCUT2D eigenvalue weighted by atomic mass is 10.1. The van der Waals surface area contributed by atoms with E-state index in [1.54, 1.807) is 0 Å². The number of para-hydroxylation sites is 1. The van der Waals surface area contributed by atoms with E-state index in [-0.39, 0.29) is 24.4 Å². The lowest BCUT2D eigenvalue weighted by Gasteiger charge is -2.23. The number of nitrogens with zero attached hydrogens (tertiary/aromatic N) is 2. The average Bonchev–Trinajstić information content (AvgIpc) is 2.85. The first-order valence-corrected chi connectivity index (χ1v) is 8.26. The molecule has 0 spiro atoms. The third kappa shape index (κ3) is 4.16. The molecular formula is C18H25ClN4O. The van der Waals surface area contributed by atoms with Gasteiger partial charge in [0.25, 0.3) is 0 Å². The lowest BCUT2D eigenvalue weighted by molar-refractivity contribution is -0.121. The number of rotatable bonds is 4. The van der Waals surface area contributed by atoms with Gasteiger partial charge in [0.2, 0.25) is 5.91 Å². The van der Waals surface area contributed by atoms with Gasteiger partial charge in [-0.2, -0.15) is 5.10 Å². The summed E-state index contributed by atoms with van der Waals surface area (Å²) in [6, 6.07) is 10.3. The maximum Gasteiger partial charge on any atom is 0.224 e. The van der Waals surface area contributed by atoms with Crippen molar-refractivity contribution in [2.45, 2.75) is 39.2 Å². The topological polar surface area (TPSA) is 59.0 Å². The number of carbonyl (C=O) groups excluding carboxylic acids is 1. The van der Waals surface area contributed by atoms with E-state index in [2.05, 4.69) is 15.7 Å². The molecule has 1 aliphatic rings. The molecule has 130 valence electrons. The van der Waals surface area contributed by atoms with Gasteiger partial charge in [0.05, 0.1) is 17.8 Å². The number of hydrogen-bond acceptors (Lipinski definition) is 3. The van der Waals surface area contributed by atoms with Crippen LogP contribution in [0.4, 0.5) is 0 Å². The summed E-state index contributed by atoms with van der Waals surface area (Å²) in [4.78, 5) is 12.4. The number of nitrogens with one attached hydrogen (secondary N) is 2. The molecule has 1 fully saturated rings. The molecule has 2 heterocycles. The summed E-state index contributed by atoms with van der Waals surface area (Å²) >= 11 is 0. The summed E-state index contributed by atoms with van der Waals surface area (Å²) in [6.07, 6.45) is 2.57. The van der Waals surface area contributed by atoms with E-state index < -0.39 is 0 Å². The van der Waals surface area contributed by atoms with Gasteiger partial charge in [0.15, 0.2) is 0 Å². The van der Waals surface area contributed by atoms with Gasteiger partial charge >= 0.3 is 0 Å². The Morgan fingerprint density at radius 2 is 2.08 bits per heavy atom. The molecule has 24 heavy (non-hydrogen) atoms. The van der Waals surface area contributed by atoms with Gasteiger partial charge in [-0.1, -0.05) is 18.2 Å². The Bertz CT molecular complexity index is 678. The van der Waals surface area contributed by atoms with Crippen molar-refractivity contribution in [2.24, 2.45) is 0 Å². The van der Waals surface area contributed by atoms with Crippen molar-refractivity contribution in [3.63, 3.8) is 0 Å². The highest BCUT2D eigenvalue weighted by molar-refractivity contribution is 5.85. The summed E-state index contributed by atoms with van der Waals surface area (Å²) < 4.78 is 1.92. The lowest BCUT2D eigenvalue weighted by Crippen LogP contribution is -2.46. The molecule has 0 unspecified atom stereocenters. The van der Waals surface area contributed by atoms with Crippen LogP contribution in [0, 0.1) is 13.8 Å². The molecule has 0 bridgehead atoms. The molecule has 5 nitrogen and oxygen atoms in total. The normalized spacial score (nSPS) is 17.2. The molecule has 2 N–H and O–H groups in total. The Balaban J connectivity index is 0.00000208. The highest BCUT2D eigenvalue weighted by Crippen LogP contribution is 2.18.